The first-order valence-corrected chi connectivity index (χ1v) is 10.8. The summed E-state index contributed by atoms with van der Waals surface area (Å²) < 4.78 is 11.0. The maximum Gasteiger partial charge on any atom is 0.344 e. The highest BCUT2D eigenvalue weighted by molar-refractivity contribution is 6.33. The summed E-state index contributed by atoms with van der Waals surface area (Å²) in [5, 5.41) is 14.7. The Bertz CT molecular complexity index is 1670. The Morgan fingerprint density at radius 3 is 2.51 bits per heavy atom. The number of amides is 1. The maximum atomic E-state index is 12.7. The lowest BCUT2D eigenvalue weighted by atomic mass is 10.1. The molecule has 8 nitrogen and oxygen atoms in total. The average Bonchev–Trinajstić information content (AvgIpc) is 3.35. The molecule has 9 heteroatoms. The molecule has 0 saturated heterocycles. The monoisotopic (exact) mass is 486 g/mol. The number of carbonyl (C=O) groups is 1. The van der Waals surface area contributed by atoms with Crippen LogP contribution in [0.15, 0.2) is 98.6 Å². The Morgan fingerprint density at radius 1 is 0.886 bits per heavy atom. The first-order valence-electron chi connectivity index (χ1n) is 10.4. The smallest absolute Gasteiger partial charge is 0.344 e. The van der Waals surface area contributed by atoms with Gasteiger partial charge < -0.3 is 14.2 Å². The number of nitrogens with one attached hydrogen (secondary N) is 1. The quantitative estimate of drug-likeness (QED) is 0.171. The van der Waals surface area contributed by atoms with Crippen molar-refractivity contribution in [3.8, 4) is 22.5 Å². The van der Waals surface area contributed by atoms with Crippen molar-refractivity contribution < 1.29 is 18.6 Å². The first kappa shape index (κ1) is 22.1. The minimum atomic E-state index is -0.532. The van der Waals surface area contributed by atoms with Gasteiger partial charge in [-0.05, 0) is 36.4 Å². The molecule has 1 N–H and O–H groups in total. The number of benzene rings is 3. The van der Waals surface area contributed by atoms with E-state index in [9.17, 15) is 19.7 Å². The number of fused-ring (bicyclic) bond motifs is 1. The van der Waals surface area contributed by atoms with Crippen LogP contribution in [0.4, 0.5) is 11.4 Å². The Hall–Kier alpha value is -4.69. The van der Waals surface area contributed by atoms with Crippen molar-refractivity contribution in [3.05, 3.63) is 116 Å². The van der Waals surface area contributed by atoms with Gasteiger partial charge in [0.1, 0.15) is 11.3 Å². The molecular weight excluding hydrogens is 472 g/mol. The zero-order chi connectivity index (χ0) is 24.5. The molecule has 0 radical (unpaired) electrons. The third-order valence-electron chi connectivity index (χ3n) is 5.33. The van der Waals surface area contributed by atoms with E-state index in [2.05, 4.69) is 5.32 Å². The van der Waals surface area contributed by atoms with Crippen LogP contribution in [0, 0.1) is 10.1 Å². The summed E-state index contributed by atoms with van der Waals surface area (Å²) in [6.07, 6.45) is 0. The summed E-state index contributed by atoms with van der Waals surface area (Å²) in [4.78, 5) is 35.6. The number of rotatable bonds is 5. The second-order valence-corrected chi connectivity index (χ2v) is 8.01. The highest BCUT2D eigenvalue weighted by atomic mass is 35.5. The Balaban J connectivity index is 1.37. The Morgan fingerprint density at radius 2 is 1.71 bits per heavy atom. The van der Waals surface area contributed by atoms with Gasteiger partial charge in [-0.25, -0.2) is 4.79 Å². The third kappa shape index (κ3) is 4.42. The molecule has 0 atom stereocenters. The zero-order valence-corrected chi connectivity index (χ0v) is 18.6. The van der Waals surface area contributed by atoms with Crippen LogP contribution in [0.25, 0.3) is 33.4 Å². The minimum absolute atomic E-state index is 0.0156. The number of para-hydroxylation sites is 1. The van der Waals surface area contributed by atoms with Gasteiger partial charge in [0.25, 0.3) is 11.6 Å². The van der Waals surface area contributed by atoms with Crippen molar-refractivity contribution in [2.75, 3.05) is 5.32 Å². The summed E-state index contributed by atoms with van der Waals surface area (Å²) in [5.74, 6) is -0.201. The minimum Gasteiger partial charge on any atom is -0.451 e. The molecule has 35 heavy (non-hydrogen) atoms. The lowest BCUT2D eigenvalue weighted by Crippen LogP contribution is -2.11. The van der Waals surface area contributed by atoms with Gasteiger partial charge in [0, 0.05) is 34.3 Å². The van der Waals surface area contributed by atoms with E-state index in [4.69, 9.17) is 20.4 Å². The fraction of sp³-hybridized carbons (Fsp3) is 0. The lowest BCUT2D eigenvalue weighted by Gasteiger charge is -2.08. The molecule has 0 fully saturated rings. The SMILES string of the molecule is O=C(Nc1ccc(-c2cc3ccccc3oc2=O)c(Cl)c1)c1ccc(-c2cccc([N+](=O)[O-])c2)o1. The molecule has 5 aromatic rings. The third-order valence-corrected chi connectivity index (χ3v) is 5.64. The molecule has 172 valence electrons. The summed E-state index contributed by atoms with van der Waals surface area (Å²) in [6, 6.07) is 22.6. The van der Waals surface area contributed by atoms with Gasteiger partial charge in [0.05, 0.1) is 15.5 Å². The topological polar surface area (TPSA) is 116 Å². The van der Waals surface area contributed by atoms with Crippen molar-refractivity contribution in [2.45, 2.75) is 0 Å². The van der Waals surface area contributed by atoms with Crippen LogP contribution in [-0.2, 0) is 0 Å². The standard InChI is InChI=1S/C26H15ClN2O6/c27-21-14-17(8-9-19(21)20-13-16-4-1-2-7-22(16)35-26(20)31)28-25(30)24-11-10-23(34-24)15-5-3-6-18(12-15)29(32)33/h1-14H,(H,28,30). The predicted molar refractivity (Wildman–Crippen MR) is 132 cm³/mol. The lowest BCUT2D eigenvalue weighted by molar-refractivity contribution is -0.384. The van der Waals surface area contributed by atoms with Crippen molar-refractivity contribution in [2.24, 2.45) is 0 Å². The van der Waals surface area contributed by atoms with Crippen molar-refractivity contribution in [3.63, 3.8) is 0 Å². The van der Waals surface area contributed by atoms with Gasteiger partial charge >= 0.3 is 5.63 Å². The summed E-state index contributed by atoms with van der Waals surface area (Å²) in [6.45, 7) is 0. The van der Waals surface area contributed by atoms with Crippen LogP contribution >= 0.6 is 11.6 Å². The summed E-state index contributed by atoms with van der Waals surface area (Å²) >= 11 is 6.43. The van der Waals surface area contributed by atoms with Gasteiger partial charge in [-0.1, -0.05) is 48.0 Å². The average molecular weight is 487 g/mol. The zero-order valence-electron chi connectivity index (χ0n) is 17.9. The largest absolute Gasteiger partial charge is 0.451 e. The number of nitrogens with zero attached hydrogens (tertiary/aromatic N) is 1. The van der Waals surface area contributed by atoms with Gasteiger partial charge in [-0.15, -0.1) is 0 Å². The predicted octanol–water partition coefficient (Wildman–Crippen LogP) is 6.53. The number of hydrogen-bond donors (Lipinski definition) is 1. The van der Waals surface area contributed by atoms with Crippen LogP contribution in [0.2, 0.25) is 5.02 Å². The van der Waals surface area contributed by atoms with E-state index in [-0.39, 0.29) is 16.5 Å². The fourth-order valence-corrected chi connectivity index (χ4v) is 3.92. The Labute approximate surface area is 202 Å². The van der Waals surface area contributed by atoms with Crippen LogP contribution in [0.3, 0.4) is 0 Å². The molecule has 0 aliphatic rings. The van der Waals surface area contributed by atoms with E-state index in [1.165, 1.54) is 30.3 Å². The number of nitro groups is 1. The number of non-ortho nitro benzene ring substituents is 1. The molecule has 0 spiro atoms. The number of nitro benzene ring substituents is 1. The van der Waals surface area contributed by atoms with Gasteiger partial charge in [-0.3, -0.25) is 14.9 Å². The van der Waals surface area contributed by atoms with E-state index >= 15 is 0 Å². The van der Waals surface area contributed by atoms with Gasteiger partial charge in [0.15, 0.2) is 5.76 Å². The molecule has 0 saturated carbocycles. The van der Waals surface area contributed by atoms with E-state index in [0.717, 1.165) is 5.39 Å². The van der Waals surface area contributed by atoms with Crippen LogP contribution in [0.1, 0.15) is 10.6 Å². The van der Waals surface area contributed by atoms with Gasteiger partial charge in [-0.2, -0.15) is 0 Å². The molecule has 0 bridgehead atoms. The second kappa shape index (κ2) is 8.92. The fourth-order valence-electron chi connectivity index (χ4n) is 3.64. The highest BCUT2D eigenvalue weighted by Gasteiger charge is 2.16. The summed E-state index contributed by atoms with van der Waals surface area (Å²) in [5.41, 5.74) is 1.51. The number of furan rings is 1. The molecule has 0 unspecified atom stereocenters. The molecule has 5 rings (SSSR count). The number of halogens is 1. The molecule has 0 aliphatic carbocycles. The highest BCUT2D eigenvalue weighted by Crippen LogP contribution is 2.31. The van der Waals surface area contributed by atoms with E-state index < -0.39 is 16.5 Å². The Kier molecular flexibility index (Phi) is 5.64. The van der Waals surface area contributed by atoms with E-state index in [1.54, 1.807) is 42.5 Å². The van der Waals surface area contributed by atoms with E-state index in [0.29, 0.717) is 33.7 Å². The number of carbonyl (C=O) groups excluding carboxylic acids is 1. The molecule has 3 aromatic carbocycles. The number of hydrogen-bond acceptors (Lipinski definition) is 6. The first-order chi connectivity index (χ1) is 16.9. The molecule has 0 aliphatic heterocycles. The van der Waals surface area contributed by atoms with Crippen molar-refractivity contribution in [1.29, 1.82) is 0 Å². The van der Waals surface area contributed by atoms with Crippen LogP contribution < -0.4 is 10.9 Å². The normalized spacial score (nSPS) is 10.9. The van der Waals surface area contributed by atoms with E-state index in [1.807, 2.05) is 12.1 Å². The van der Waals surface area contributed by atoms with Crippen LogP contribution in [-0.4, -0.2) is 10.8 Å². The van der Waals surface area contributed by atoms with Crippen molar-refractivity contribution >= 4 is 39.9 Å². The number of anilines is 1. The van der Waals surface area contributed by atoms with Crippen LogP contribution in [0.5, 0.6) is 0 Å². The molecule has 2 aromatic heterocycles. The second-order valence-electron chi connectivity index (χ2n) is 7.61. The molecule has 1 amide bonds. The molecule has 2 heterocycles. The maximum absolute atomic E-state index is 12.7. The van der Waals surface area contributed by atoms with Gasteiger partial charge in [0.2, 0.25) is 0 Å². The van der Waals surface area contributed by atoms with Crippen molar-refractivity contribution in [1.82, 2.24) is 0 Å². The summed E-state index contributed by atoms with van der Waals surface area (Å²) in [7, 11) is 0. The molecular formula is C26H15ClN2O6.